The van der Waals surface area contributed by atoms with Gasteiger partial charge < -0.3 is 34.0 Å². The molecule has 0 aliphatic carbocycles. The van der Waals surface area contributed by atoms with Crippen molar-refractivity contribution in [2.45, 2.75) is 56.8 Å². The summed E-state index contributed by atoms with van der Waals surface area (Å²) in [5, 5.41) is 9.75. The Morgan fingerprint density at radius 3 is 2.09 bits per heavy atom. The van der Waals surface area contributed by atoms with Gasteiger partial charge in [-0.2, -0.15) is 0 Å². The minimum atomic E-state index is -1.20. The van der Waals surface area contributed by atoms with Gasteiger partial charge in [0.1, 0.15) is 23.1 Å². The Bertz CT molecular complexity index is 1440. The Labute approximate surface area is 271 Å². The maximum Gasteiger partial charge on any atom is 0.253 e. The fourth-order valence-electron chi connectivity index (χ4n) is 7.72. The third kappa shape index (κ3) is 5.47. The number of carbonyl (C=O) groups is 3. The van der Waals surface area contributed by atoms with Gasteiger partial charge in [0.15, 0.2) is 0 Å². The molecule has 2 unspecified atom stereocenters. The second-order valence-electron chi connectivity index (χ2n) is 12.0. The molecule has 3 aliphatic rings. The number of aliphatic hydroxyl groups is 1. The van der Waals surface area contributed by atoms with Gasteiger partial charge in [0.2, 0.25) is 11.8 Å². The number of fused-ring (bicyclic) bond motifs is 1. The van der Waals surface area contributed by atoms with E-state index in [-0.39, 0.29) is 50.4 Å². The van der Waals surface area contributed by atoms with Crippen LogP contribution in [0.1, 0.15) is 39.5 Å². The van der Waals surface area contributed by atoms with E-state index in [0.29, 0.717) is 48.7 Å². The third-order valence-electron chi connectivity index (χ3n) is 9.74. The van der Waals surface area contributed by atoms with Gasteiger partial charge in [0, 0.05) is 37.6 Å². The fraction of sp³-hybridized carbons (Fsp3) is 0.472. The van der Waals surface area contributed by atoms with Gasteiger partial charge in [-0.15, -0.1) is 13.2 Å². The van der Waals surface area contributed by atoms with E-state index >= 15 is 0 Å². The van der Waals surface area contributed by atoms with Crippen molar-refractivity contribution in [1.29, 1.82) is 0 Å². The summed E-state index contributed by atoms with van der Waals surface area (Å²) in [4.78, 5) is 48.8. The Hall–Kier alpha value is -4.15. The lowest BCUT2D eigenvalue weighted by molar-refractivity contribution is -0.146. The lowest BCUT2D eigenvalue weighted by Crippen LogP contribution is -2.56. The topological polar surface area (TPSA) is 109 Å². The molecule has 3 heterocycles. The summed E-state index contributed by atoms with van der Waals surface area (Å²) in [6, 6.07) is 13.4. The molecule has 2 aromatic rings. The fourth-order valence-corrected chi connectivity index (χ4v) is 7.72. The highest BCUT2D eigenvalue weighted by Gasteiger charge is 2.79. The molecule has 10 nitrogen and oxygen atoms in total. The number of rotatable bonds is 15. The van der Waals surface area contributed by atoms with Gasteiger partial charge in [-0.3, -0.25) is 14.4 Å². The zero-order valence-electron chi connectivity index (χ0n) is 27.0. The number of aliphatic hydroxyl groups excluding tert-OH is 1. The van der Waals surface area contributed by atoms with Gasteiger partial charge in [-0.1, -0.05) is 19.1 Å². The van der Waals surface area contributed by atoms with Crippen molar-refractivity contribution >= 4 is 29.1 Å². The number of benzene rings is 2. The van der Waals surface area contributed by atoms with Crippen LogP contribution >= 0.6 is 0 Å². The third-order valence-corrected chi connectivity index (χ3v) is 9.74. The Morgan fingerprint density at radius 2 is 1.57 bits per heavy atom. The normalized spacial score (nSPS) is 26.0. The number of ether oxygens (including phenoxy) is 3. The molecule has 2 bridgehead atoms. The van der Waals surface area contributed by atoms with E-state index in [9.17, 15) is 19.5 Å². The predicted molar refractivity (Wildman–Crippen MR) is 176 cm³/mol. The first-order chi connectivity index (χ1) is 22.2. The Morgan fingerprint density at radius 1 is 0.978 bits per heavy atom. The van der Waals surface area contributed by atoms with Crippen molar-refractivity contribution in [2.24, 2.45) is 11.8 Å². The molecule has 46 heavy (non-hydrogen) atoms. The molecule has 1 N–H and O–H groups in total. The maximum absolute atomic E-state index is 14.7. The average Bonchev–Trinajstić information content (AvgIpc) is 3.68. The SMILES string of the molecule is C=CCN(C(=O)C1N(CCCO)C(=O)[C@@H]2[C@@H](C(=O)N(CC=C)c3ccc(OCC)cc3)[C@@]3(CC)CCC12O3)c1ccc(OC)cc1. The molecule has 3 amide bonds. The maximum atomic E-state index is 14.7. The molecule has 0 aromatic heterocycles. The number of amides is 3. The van der Waals surface area contributed by atoms with Gasteiger partial charge in [0.25, 0.3) is 5.91 Å². The highest BCUT2D eigenvalue weighted by Crippen LogP contribution is 2.64. The molecule has 246 valence electrons. The van der Waals surface area contributed by atoms with Crippen LogP contribution in [0.4, 0.5) is 11.4 Å². The largest absolute Gasteiger partial charge is 0.497 e. The molecule has 0 radical (unpaired) electrons. The van der Waals surface area contributed by atoms with Crippen LogP contribution in [0.25, 0.3) is 0 Å². The number of likely N-dealkylation sites (tertiary alicyclic amines) is 1. The highest BCUT2D eigenvalue weighted by atomic mass is 16.5. The second-order valence-corrected chi connectivity index (χ2v) is 12.0. The second kappa shape index (κ2) is 13.7. The molecule has 0 saturated carbocycles. The van der Waals surface area contributed by atoms with Crippen molar-refractivity contribution in [3.63, 3.8) is 0 Å². The van der Waals surface area contributed by atoms with Crippen LogP contribution in [0, 0.1) is 11.8 Å². The number of nitrogens with zero attached hydrogens (tertiary/aromatic N) is 3. The highest BCUT2D eigenvalue weighted by molar-refractivity contribution is 6.07. The lowest BCUT2D eigenvalue weighted by Gasteiger charge is -2.37. The molecule has 1 spiro atoms. The summed E-state index contributed by atoms with van der Waals surface area (Å²) in [6.07, 6.45) is 5.10. The molecule has 5 rings (SSSR count). The number of hydrogen-bond acceptors (Lipinski definition) is 7. The summed E-state index contributed by atoms with van der Waals surface area (Å²) < 4.78 is 17.9. The summed E-state index contributed by atoms with van der Waals surface area (Å²) in [6.45, 7) is 12.6. The van der Waals surface area contributed by atoms with Crippen LogP contribution in [-0.2, 0) is 19.1 Å². The van der Waals surface area contributed by atoms with Crippen molar-refractivity contribution < 1.29 is 33.7 Å². The van der Waals surface area contributed by atoms with Crippen LogP contribution in [0.15, 0.2) is 73.8 Å². The minimum Gasteiger partial charge on any atom is -0.497 e. The molecular weight excluding hydrogens is 586 g/mol. The summed E-state index contributed by atoms with van der Waals surface area (Å²) in [5.41, 5.74) is -0.834. The summed E-state index contributed by atoms with van der Waals surface area (Å²) in [7, 11) is 1.57. The van der Waals surface area contributed by atoms with E-state index in [0.717, 1.165) is 0 Å². The first-order valence-corrected chi connectivity index (χ1v) is 16.1. The number of hydrogen-bond donors (Lipinski definition) is 1. The molecule has 5 atom stereocenters. The molecule has 10 heteroatoms. The standard InChI is InChI=1S/C36H45N3O7/c1-6-21-37(25-13-17-28(18-14-25)45-9-4)32(41)29-30-33(42)39(23-10-24-40)31(36(30)20-19-35(29,8-3)46-36)34(43)38(22-7-2)26-11-15-27(44-5)16-12-26/h6-7,11-18,29-31,40H,1-2,8-10,19-24H2,3-5H3/t29-,30-,31?,35+,36?/m0/s1. The Balaban J connectivity index is 1.57. The molecule has 3 aliphatic heterocycles. The van der Waals surface area contributed by atoms with E-state index in [1.807, 2.05) is 38.1 Å². The quantitative estimate of drug-likeness (QED) is 0.291. The minimum absolute atomic E-state index is 0.149. The van der Waals surface area contributed by atoms with Crippen LogP contribution in [-0.4, -0.2) is 84.9 Å². The first-order valence-electron chi connectivity index (χ1n) is 16.1. The molecular formula is C36H45N3O7. The van der Waals surface area contributed by atoms with Crippen molar-refractivity contribution in [1.82, 2.24) is 4.90 Å². The van der Waals surface area contributed by atoms with Crippen molar-refractivity contribution in [3.8, 4) is 11.5 Å². The van der Waals surface area contributed by atoms with E-state index < -0.39 is 29.1 Å². The van der Waals surface area contributed by atoms with Crippen LogP contribution < -0.4 is 19.3 Å². The molecule has 3 saturated heterocycles. The number of anilines is 2. The van der Waals surface area contributed by atoms with Crippen LogP contribution in [0.2, 0.25) is 0 Å². The monoisotopic (exact) mass is 631 g/mol. The van der Waals surface area contributed by atoms with Crippen molar-refractivity contribution in [3.05, 3.63) is 73.8 Å². The summed E-state index contributed by atoms with van der Waals surface area (Å²) in [5.74, 6) is -1.18. The smallest absolute Gasteiger partial charge is 0.253 e. The number of methoxy groups -OCH3 is 1. The zero-order valence-corrected chi connectivity index (χ0v) is 27.0. The van der Waals surface area contributed by atoms with Crippen molar-refractivity contribution in [2.75, 3.05) is 49.8 Å². The predicted octanol–water partition coefficient (Wildman–Crippen LogP) is 4.37. The van der Waals surface area contributed by atoms with Gasteiger partial charge in [-0.05, 0) is 81.1 Å². The van der Waals surface area contributed by atoms with Gasteiger partial charge >= 0.3 is 0 Å². The van der Waals surface area contributed by atoms with E-state index in [1.54, 1.807) is 58.2 Å². The van der Waals surface area contributed by atoms with Gasteiger partial charge in [-0.25, -0.2) is 0 Å². The first kappa shape index (κ1) is 33.2. The lowest BCUT2D eigenvalue weighted by atomic mass is 9.64. The van der Waals surface area contributed by atoms with Crippen LogP contribution in [0.3, 0.4) is 0 Å². The average molecular weight is 632 g/mol. The van der Waals surface area contributed by atoms with E-state index in [1.165, 1.54) is 0 Å². The number of carbonyl (C=O) groups excluding carboxylic acids is 3. The van der Waals surface area contributed by atoms with Crippen LogP contribution in [0.5, 0.6) is 11.5 Å². The Kier molecular flexibility index (Phi) is 9.88. The molecule has 2 aromatic carbocycles. The van der Waals surface area contributed by atoms with E-state index in [4.69, 9.17) is 14.2 Å². The molecule has 3 fully saturated rings. The zero-order chi connectivity index (χ0) is 33.1. The summed E-state index contributed by atoms with van der Waals surface area (Å²) >= 11 is 0. The van der Waals surface area contributed by atoms with Gasteiger partial charge in [0.05, 0.1) is 31.2 Å². The van der Waals surface area contributed by atoms with E-state index in [2.05, 4.69) is 13.2 Å².